The molecule has 16 heavy (non-hydrogen) atoms. The molecule has 2 N–H and O–H groups in total. The number of hydrogen-bond donors (Lipinski definition) is 2. The number of nitrogens with zero attached hydrogens (tertiary/aromatic N) is 2. The van der Waals surface area contributed by atoms with E-state index in [1.54, 1.807) is 24.3 Å². The lowest BCUT2D eigenvalue weighted by molar-refractivity contribution is 0.476. The molecule has 5 nitrogen and oxygen atoms in total. The van der Waals surface area contributed by atoms with E-state index in [4.69, 9.17) is 16.0 Å². The molecule has 0 spiro atoms. The predicted molar refractivity (Wildman–Crippen MR) is 60.1 cm³/mol. The maximum absolute atomic E-state index is 9.51. The number of hydrogen-bond acceptors (Lipinski definition) is 5. The van der Waals surface area contributed by atoms with Gasteiger partial charge >= 0.3 is 6.01 Å². The maximum atomic E-state index is 9.51. The Morgan fingerprint density at radius 1 is 1.31 bits per heavy atom. The van der Waals surface area contributed by atoms with Crippen molar-refractivity contribution in [1.82, 2.24) is 10.2 Å². The molecular formula is C10H10ClN3O2. The molecular weight excluding hydrogens is 230 g/mol. The zero-order valence-electron chi connectivity index (χ0n) is 8.35. The number of aromatic nitrogens is 2. The molecule has 0 saturated carbocycles. The number of phenols is 1. The fraction of sp³-hybridized carbons (Fsp3) is 0.200. The Kier molecular flexibility index (Phi) is 3.26. The summed E-state index contributed by atoms with van der Waals surface area (Å²) in [6, 6.07) is 7.03. The van der Waals surface area contributed by atoms with E-state index in [0.717, 1.165) is 0 Å². The summed E-state index contributed by atoms with van der Waals surface area (Å²) in [6.07, 6.45) is 0.525. The third-order valence-electron chi connectivity index (χ3n) is 1.92. The molecule has 6 heteroatoms. The Balaban J connectivity index is 2.11. The third-order valence-corrected chi connectivity index (χ3v) is 2.11. The van der Waals surface area contributed by atoms with Gasteiger partial charge in [-0.25, -0.2) is 0 Å². The molecule has 2 aromatic rings. The number of para-hydroxylation sites is 2. The van der Waals surface area contributed by atoms with Crippen LogP contribution < -0.4 is 5.32 Å². The quantitative estimate of drug-likeness (QED) is 0.633. The first-order valence-corrected chi connectivity index (χ1v) is 5.26. The molecule has 1 aromatic carbocycles. The number of aromatic hydroxyl groups is 1. The minimum atomic E-state index is 0.125. The minimum absolute atomic E-state index is 0.125. The second kappa shape index (κ2) is 4.85. The first-order valence-electron chi connectivity index (χ1n) is 4.73. The first kappa shape index (κ1) is 10.8. The highest BCUT2D eigenvalue weighted by Gasteiger charge is 2.07. The first-order chi connectivity index (χ1) is 7.79. The van der Waals surface area contributed by atoms with Gasteiger partial charge in [-0.3, -0.25) is 0 Å². The lowest BCUT2D eigenvalue weighted by Crippen LogP contribution is -1.90. The van der Waals surface area contributed by atoms with Gasteiger partial charge in [-0.2, -0.15) is 0 Å². The topological polar surface area (TPSA) is 71.2 Å². The number of nitrogens with one attached hydrogen (secondary N) is 1. The van der Waals surface area contributed by atoms with E-state index >= 15 is 0 Å². The van der Waals surface area contributed by atoms with Crippen LogP contribution in [0.3, 0.4) is 0 Å². The van der Waals surface area contributed by atoms with Crippen LogP contribution in [0, 0.1) is 0 Å². The third kappa shape index (κ3) is 2.43. The second-order valence-corrected chi connectivity index (χ2v) is 3.46. The fourth-order valence-electron chi connectivity index (χ4n) is 1.18. The SMILES string of the molecule is Oc1ccccc1Nc1nnc(CCCl)o1. The Bertz CT molecular complexity index is 473. The number of aryl methyl sites for hydroxylation is 1. The van der Waals surface area contributed by atoms with Gasteiger partial charge in [-0.15, -0.1) is 16.7 Å². The standard InChI is InChI=1S/C10H10ClN3O2/c11-6-5-9-13-14-10(16-9)12-7-3-1-2-4-8(7)15/h1-4,15H,5-6H2,(H,12,14). The van der Waals surface area contributed by atoms with Crippen molar-refractivity contribution in [2.24, 2.45) is 0 Å². The molecule has 2 rings (SSSR count). The summed E-state index contributed by atoms with van der Waals surface area (Å²) in [5.74, 6) is 1.02. The monoisotopic (exact) mass is 239 g/mol. The van der Waals surface area contributed by atoms with Crippen LogP contribution in [-0.2, 0) is 6.42 Å². The summed E-state index contributed by atoms with van der Waals surface area (Å²) in [5.41, 5.74) is 0.517. The molecule has 0 unspecified atom stereocenters. The Morgan fingerprint density at radius 2 is 2.12 bits per heavy atom. The Hall–Kier alpha value is -1.75. The van der Waals surface area contributed by atoms with E-state index in [1.165, 1.54) is 0 Å². The van der Waals surface area contributed by atoms with Gasteiger partial charge in [0.2, 0.25) is 5.89 Å². The number of rotatable bonds is 4. The van der Waals surface area contributed by atoms with Gasteiger partial charge in [-0.1, -0.05) is 17.2 Å². The average Bonchev–Trinajstić information content (AvgIpc) is 2.70. The van der Waals surface area contributed by atoms with Crippen LogP contribution in [0.2, 0.25) is 0 Å². The van der Waals surface area contributed by atoms with Gasteiger partial charge < -0.3 is 14.8 Å². The van der Waals surface area contributed by atoms with Crippen molar-refractivity contribution in [1.29, 1.82) is 0 Å². The van der Waals surface area contributed by atoms with Crippen molar-refractivity contribution in [3.05, 3.63) is 30.2 Å². The largest absolute Gasteiger partial charge is 0.506 e. The summed E-state index contributed by atoms with van der Waals surface area (Å²) in [4.78, 5) is 0. The minimum Gasteiger partial charge on any atom is -0.506 e. The van der Waals surface area contributed by atoms with Crippen LogP contribution in [0.4, 0.5) is 11.7 Å². The molecule has 0 aliphatic heterocycles. The number of anilines is 2. The van der Waals surface area contributed by atoms with Crippen molar-refractivity contribution in [3.63, 3.8) is 0 Å². The maximum Gasteiger partial charge on any atom is 0.320 e. The average molecular weight is 240 g/mol. The smallest absolute Gasteiger partial charge is 0.320 e. The Labute approximate surface area is 97.1 Å². The highest BCUT2D eigenvalue weighted by molar-refractivity contribution is 6.17. The fourth-order valence-corrected chi connectivity index (χ4v) is 1.34. The van der Waals surface area contributed by atoms with Gasteiger partial charge in [0.25, 0.3) is 0 Å². The van der Waals surface area contributed by atoms with Crippen LogP contribution in [0.25, 0.3) is 0 Å². The van der Waals surface area contributed by atoms with Gasteiger partial charge in [0.15, 0.2) is 0 Å². The van der Waals surface area contributed by atoms with E-state index in [1.807, 2.05) is 0 Å². The highest BCUT2D eigenvalue weighted by Crippen LogP contribution is 2.24. The van der Waals surface area contributed by atoms with E-state index in [0.29, 0.717) is 23.9 Å². The Morgan fingerprint density at radius 3 is 2.88 bits per heavy atom. The van der Waals surface area contributed by atoms with E-state index in [-0.39, 0.29) is 11.8 Å². The molecule has 0 aliphatic rings. The van der Waals surface area contributed by atoms with Crippen LogP contribution in [0.15, 0.2) is 28.7 Å². The van der Waals surface area contributed by atoms with Crippen LogP contribution in [0.1, 0.15) is 5.89 Å². The zero-order chi connectivity index (χ0) is 11.4. The molecule has 0 atom stereocenters. The van der Waals surface area contributed by atoms with E-state index < -0.39 is 0 Å². The van der Waals surface area contributed by atoms with Gasteiger partial charge in [0.05, 0.1) is 5.69 Å². The number of phenolic OH excluding ortho intramolecular Hbond substituents is 1. The van der Waals surface area contributed by atoms with Gasteiger partial charge in [-0.05, 0) is 12.1 Å². The number of halogens is 1. The summed E-state index contributed by atoms with van der Waals surface area (Å²) in [5, 5.41) is 19.9. The summed E-state index contributed by atoms with van der Waals surface area (Å²) < 4.78 is 5.25. The lowest BCUT2D eigenvalue weighted by Gasteiger charge is -2.02. The summed E-state index contributed by atoms with van der Waals surface area (Å²) >= 11 is 5.54. The van der Waals surface area contributed by atoms with Crippen molar-refractivity contribution in [2.45, 2.75) is 6.42 Å². The molecule has 0 bridgehead atoms. The van der Waals surface area contributed by atoms with Crippen LogP contribution in [0.5, 0.6) is 5.75 Å². The van der Waals surface area contributed by atoms with Crippen molar-refractivity contribution < 1.29 is 9.52 Å². The summed E-state index contributed by atoms with van der Waals surface area (Å²) in [7, 11) is 0. The van der Waals surface area contributed by atoms with Crippen molar-refractivity contribution in [2.75, 3.05) is 11.2 Å². The molecule has 0 saturated heterocycles. The molecule has 0 radical (unpaired) electrons. The normalized spacial score (nSPS) is 10.3. The second-order valence-electron chi connectivity index (χ2n) is 3.08. The number of benzene rings is 1. The van der Waals surface area contributed by atoms with Crippen molar-refractivity contribution in [3.8, 4) is 5.75 Å². The molecule has 84 valence electrons. The van der Waals surface area contributed by atoms with E-state index in [9.17, 15) is 5.11 Å². The molecule has 1 heterocycles. The van der Waals surface area contributed by atoms with Crippen molar-refractivity contribution >= 4 is 23.3 Å². The number of alkyl halides is 1. The molecule has 0 amide bonds. The van der Waals surface area contributed by atoms with Gasteiger partial charge in [0, 0.05) is 12.3 Å². The lowest BCUT2D eigenvalue weighted by atomic mass is 10.3. The molecule has 0 fully saturated rings. The van der Waals surface area contributed by atoms with Crippen LogP contribution in [-0.4, -0.2) is 21.2 Å². The zero-order valence-corrected chi connectivity index (χ0v) is 9.11. The highest BCUT2D eigenvalue weighted by atomic mass is 35.5. The molecule has 0 aliphatic carbocycles. The predicted octanol–water partition coefficient (Wildman–Crippen LogP) is 2.30. The summed E-state index contributed by atoms with van der Waals surface area (Å²) in [6.45, 7) is 0. The van der Waals surface area contributed by atoms with E-state index in [2.05, 4.69) is 15.5 Å². The van der Waals surface area contributed by atoms with Crippen LogP contribution >= 0.6 is 11.6 Å². The molecule has 1 aromatic heterocycles. The van der Waals surface area contributed by atoms with Gasteiger partial charge in [0.1, 0.15) is 5.75 Å².